The van der Waals surface area contributed by atoms with E-state index < -0.39 is 0 Å². The average Bonchev–Trinajstić information content (AvgIpc) is 2.99. The highest BCUT2D eigenvalue weighted by atomic mass is 79.9. The van der Waals surface area contributed by atoms with Gasteiger partial charge < -0.3 is 0 Å². The lowest BCUT2D eigenvalue weighted by atomic mass is 10.2. The van der Waals surface area contributed by atoms with Crippen molar-refractivity contribution in [3.05, 3.63) is 39.8 Å². The van der Waals surface area contributed by atoms with E-state index in [9.17, 15) is 0 Å². The highest BCUT2D eigenvalue weighted by Gasteiger charge is 2.26. The van der Waals surface area contributed by atoms with Crippen LogP contribution in [-0.4, -0.2) is 4.98 Å². The third-order valence-corrected chi connectivity index (χ3v) is 4.05. The summed E-state index contributed by atoms with van der Waals surface area (Å²) >= 11 is 5.19. The molecule has 0 aliphatic heterocycles. The first-order chi connectivity index (χ1) is 7.33. The molecular formula is C12H10BrNS. The molecule has 1 heterocycles. The van der Waals surface area contributed by atoms with E-state index in [0.717, 1.165) is 15.4 Å². The lowest BCUT2D eigenvalue weighted by molar-refractivity contribution is 1.05. The predicted octanol–water partition coefficient (Wildman–Crippen LogP) is 4.45. The van der Waals surface area contributed by atoms with Gasteiger partial charge in [-0.2, -0.15) is 0 Å². The molecule has 1 aliphatic rings. The number of halogens is 1. The first kappa shape index (κ1) is 9.55. The van der Waals surface area contributed by atoms with E-state index in [1.54, 1.807) is 11.3 Å². The van der Waals surface area contributed by atoms with Crippen LogP contribution in [0.4, 0.5) is 0 Å². The minimum absolute atomic E-state index is 0.755. The first-order valence-electron chi connectivity index (χ1n) is 5.04. The van der Waals surface area contributed by atoms with Crippen molar-refractivity contribution in [3.63, 3.8) is 0 Å². The third kappa shape index (κ3) is 1.99. The van der Waals surface area contributed by atoms with Crippen molar-refractivity contribution in [1.82, 2.24) is 4.98 Å². The summed E-state index contributed by atoms with van der Waals surface area (Å²) < 4.78 is 1.12. The zero-order valence-corrected chi connectivity index (χ0v) is 10.5. The molecule has 0 bridgehead atoms. The Morgan fingerprint density at radius 1 is 1.20 bits per heavy atom. The van der Waals surface area contributed by atoms with Gasteiger partial charge in [-0.05, 0) is 25.0 Å². The minimum atomic E-state index is 0.755. The van der Waals surface area contributed by atoms with Crippen LogP contribution in [0.15, 0.2) is 34.1 Å². The van der Waals surface area contributed by atoms with Gasteiger partial charge in [0.1, 0.15) is 5.01 Å². The summed E-state index contributed by atoms with van der Waals surface area (Å²) in [6, 6.07) is 8.35. The van der Waals surface area contributed by atoms with Crippen molar-refractivity contribution >= 4 is 27.3 Å². The zero-order valence-electron chi connectivity index (χ0n) is 8.11. The topological polar surface area (TPSA) is 12.9 Å². The Balaban J connectivity index is 1.93. The van der Waals surface area contributed by atoms with Gasteiger partial charge in [0, 0.05) is 21.3 Å². The Morgan fingerprint density at radius 3 is 2.60 bits per heavy atom. The summed E-state index contributed by atoms with van der Waals surface area (Å²) in [7, 11) is 0. The number of nitrogens with zero attached hydrogens (tertiary/aromatic N) is 1. The van der Waals surface area contributed by atoms with Crippen molar-refractivity contribution in [1.29, 1.82) is 0 Å². The molecule has 1 saturated carbocycles. The van der Waals surface area contributed by atoms with Crippen LogP contribution in [0.25, 0.3) is 10.6 Å². The van der Waals surface area contributed by atoms with Crippen LogP contribution in [0.2, 0.25) is 0 Å². The Kier molecular flexibility index (Phi) is 2.37. The predicted molar refractivity (Wildman–Crippen MR) is 67.2 cm³/mol. The summed E-state index contributed by atoms with van der Waals surface area (Å²) in [6.45, 7) is 0. The smallest absolute Gasteiger partial charge is 0.123 e. The maximum absolute atomic E-state index is 4.68. The molecule has 76 valence electrons. The van der Waals surface area contributed by atoms with Crippen molar-refractivity contribution in [2.75, 3.05) is 0 Å². The van der Waals surface area contributed by atoms with E-state index in [4.69, 9.17) is 0 Å². The number of aromatic nitrogens is 1. The molecule has 15 heavy (non-hydrogen) atoms. The summed E-state index contributed by atoms with van der Waals surface area (Å²) in [5.41, 5.74) is 2.51. The molecule has 3 rings (SSSR count). The largest absolute Gasteiger partial charge is 0.241 e. The van der Waals surface area contributed by atoms with Gasteiger partial charge in [0.15, 0.2) is 0 Å². The van der Waals surface area contributed by atoms with Gasteiger partial charge in [-0.15, -0.1) is 11.3 Å². The number of hydrogen-bond acceptors (Lipinski definition) is 2. The SMILES string of the molecule is Brc1ccc(-c2nc(C3CC3)cs2)cc1. The summed E-state index contributed by atoms with van der Waals surface area (Å²) in [5.74, 6) is 0.755. The van der Waals surface area contributed by atoms with Crippen molar-refractivity contribution in [2.24, 2.45) is 0 Å². The molecule has 1 nitrogen and oxygen atoms in total. The van der Waals surface area contributed by atoms with Crippen LogP contribution in [0, 0.1) is 0 Å². The summed E-state index contributed by atoms with van der Waals surface area (Å²) in [5, 5.41) is 3.35. The monoisotopic (exact) mass is 279 g/mol. The number of thiazole rings is 1. The van der Waals surface area contributed by atoms with E-state index in [1.807, 2.05) is 0 Å². The molecule has 1 aromatic carbocycles. The Labute approximate surface area is 101 Å². The molecule has 0 saturated heterocycles. The van der Waals surface area contributed by atoms with Crippen molar-refractivity contribution < 1.29 is 0 Å². The van der Waals surface area contributed by atoms with E-state index in [2.05, 4.69) is 50.6 Å². The highest BCUT2D eigenvalue weighted by Crippen LogP contribution is 2.41. The maximum Gasteiger partial charge on any atom is 0.123 e. The van der Waals surface area contributed by atoms with Crippen molar-refractivity contribution in [3.8, 4) is 10.6 Å². The van der Waals surface area contributed by atoms with E-state index >= 15 is 0 Å². The van der Waals surface area contributed by atoms with Crippen LogP contribution in [-0.2, 0) is 0 Å². The minimum Gasteiger partial charge on any atom is -0.241 e. The second kappa shape index (κ2) is 3.72. The first-order valence-corrected chi connectivity index (χ1v) is 6.71. The quantitative estimate of drug-likeness (QED) is 0.792. The van der Waals surface area contributed by atoms with Gasteiger partial charge in [0.25, 0.3) is 0 Å². The molecule has 0 atom stereocenters. The number of hydrogen-bond donors (Lipinski definition) is 0. The molecule has 0 N–H and O–H groups in total. The molecule has 1 aromatic heterocycles. The summed E-state index contributed by atoms with van der Waals surface area (Å²) in [6.07, 6.45) is 2.65. The van der Waals surface area contributed by atoms with E-state index in [-0.39, 0.29) is 0 Å². The molecule has 0 amide bonds. The molecule has 0 radical (unpaired) electrons. The zero-order chi connectivity index (χ0) is 10.3. The average molecular weight is 280 g/mol. The molecule has 3 heteroatoms. The van der Waals surface area contributed by atoms with Gasteiger partial charge in [-0.3, -0.25) is 0 Å². The molecule has 1 fully saturated rings. The van der Waals surface area contributed by atoms with Crippen LogP contribution >= 0.6 is 27.3 Å². The van der Waals surface area contributed by atoms with Gasteiger partial charge in [-0.25, -0.2) is 4.98 Å². The Bertz CT molecular complexity index is 471. The fraction of sp³-hybridized carbons (Fsp3) is 0.250. The second-order valence-corrected chi connectivity index (χ2v) is 5.63. The highest BCUT2D eigenvalue weighted by molar-refractivity contribution is 9.10. The van der Waals surface area contributed by atoms with Crippen LogP contribution in [0.3, 0.4) is 0 Å². The number of rotatable bonds is 2. The Morgan fingerprint density at radius 2 is 1.93 bits per heavy atom. The number of benzene rings is 1. The standard InChI is InChI=1S/C12H10BrNS/c13-10-5-3-9(4-6-10)12-14-11(7-15-12)8-1-2-8/h3-8H,1-2H2. The lowest BCUT2D eigenvalue weighted by Crippen LogP contribution is -1.79. The molecule has 2 aromatic rings. The van der Waals surface area contributed by atoms with Gasteiger partial charge >= 0.3 is 0 Å². The van der Waals surface area contributed by atoms with E-state index in [1.165, 1.54) is 24.1 Å². The fourth-order valence-corrected chi connectivity index (χ4v) is 2.75. The van der Waals surface area contributed by atoms with Crippen LogP contribution in [0.1, 0.15) is 24.5 Å². The Hall–Kier alpha value is -0.670. The van der Waals surface area contributed by atoms with Crippen molar-refractivity contribution in [2.45, 2.75) is 18.8 Å². The summed E-state index contributed by atoms with van der Waals surface area (Å²) in [4.78, 5) is 4.68. The normalized spacial score (nSPS) is 15.5. The lowest BCUT2D eigenvalue weighted by Gasteiger charge is -1.95. The third-order valence-electron chi connectivity index (χ3n) is 2.61. The van der Waals surface area contributed by atoms with Gasteiger partial charge in [0.2, 0.25) is 0 Å². The second-order valence-electron chi connectivity index (χ2n) is 3.86. The maximum atomic E-state index is 4.68. The van der Waals surface area contributed by atoms with Crippen LogP contribution in [0.5, 0.6) is 0 Å². The van der Waals surface area contributed by atoms with E-state index in [0.29, 0.717) is 0 Å². The molecular weight excluding hydrogens is 270 g/mol. The fourth-order valence-electron chi connectivity index (χ4n) is 1.58. The van der Waals surface area contributed by atoms with Crippen LogP contribution < -0.4 is 0 Å². The van der Waals surface area contributed by atoms with Gasteiger partial charge in [-0.1, -0.05) is 28.1 Å². The molecule has 0 unspecified atom stereocenters. The molecule has 1 aliphatic carbocycles. The van der Waals surface area contributed by atoms with Gasteiger partial charge in [0.05, 0.1) is 5.69 Å². The molecule has 0 spiro atoms.